The van der Waals surface area contributed by atoms with Crippen molar-refractivity contribution in [3.05, 3.63) is 120 Å². The number of rotatable bonds is 2. The van der Waals surface area contributed by atoms with Gasteiger partial charge in [0, 0.05) is 18.1 Å². The molecule has 1 nitrogen and oxygen atoms in total. The average molecular weight is 458 g/mol. The fourth-order valence-corrected chi connectivity index (χ4v) is 3.37. The molecule has 0 saturated heterocycles. The van der Waals surface area contributed by atoms with Gasteiger partial charge in [-0.1, -0.05) is 99.7 Å². The second kappa shape index (κ2) is 15.0. The number of allylic oxidation sites excluding steroid dienone is 3. The highest BCUT2D eigenvalue weighted by atomic mass is 32.1. The van der Waals surface area contributed by atoms with Gasteiger partial charge in [0.15, 0.2) is 0 Å². The van der Waals surface area contributed by atoms with Gasteiger partial charge in [-0.3, -0.25) is 0 Å². The van der Waals surface area contributed by atoms with E-state index in [2.05, 4.69) is 112 Å². The fourth-order valence-electron chi connectivity index (χ4n) is 3.37. The van der Waals surface area contributed by atoms with Gasteiger partial charge in [-0.25, -0.2) is 0 Å². The third kappa shape index (κ3) is 9.19. The lowest BCUT2D eigenvalue weighted by Gasteiger charge is -2.03. The van der Waals surface area contributed by atoms with E-state index in [1.54, 1.807) is 5.37 Å². The van der Waals surface area contributed by atoms with Crippen LogP contribution in [0.15, 0.2) is 103 Å². The lowest BCUT2D eigenvalue weighted by molar-refractivity contribution is 0.745. The summed E-state index contributed by atoms with van der Waals surface area (Å²) in [5.41, 5.74) is 8.62. The number of aryl methyl sites for hydroxylation is 2. The average Bonchev–Trinajstić information content (AvgIpc) is 3.37. The Labute approximate surface area is 207 Å². The van der Waals surface area contributed by atoms with E-state index >= 15 is 0 Å². The minimum absolute atomic E-state index is 0.517. The molecule has 4 rings (SSSR count). The number of benzene rings is 2. The normalized spacial score (nSPS) is 15.5. The van der Waals surface area contributed by atoms with Crippen LogP contribution < -0.4 is 0 Å². The predicted octanol–water partition coefficient (Wildman–Crippen LogP) is 9.35. The number of hydrogen-bond donors (Lipinski definition) is 0. The van der Waals surface area contributed by atoms with Crippen molar-refractivity contribution in [2.24, 2.45) is 5.92 Å². The molecule has 0 amide bonds. The summed E-state index contributed by atoms with van der Waals surface area (Å²) in [6.45, 7) is 20.6. The number of hydrogen-bond acceptors (Lipinski definition) is 1. The van der Waals surface area contributed by atoms with Crippen molar-refractivity contribution in [3.8, 4) is 5.69 Å². The zero-order valence-electron chi connectivity index (χ0n) is 21.1. The molecule has 1 atom stereocenters. The van der Waals surface area contributed by atoms with Crippen LogP contribution in [-0.4, -0.2) is 9.93 Å². The maximum atomic E-state index is 4.27. The van der Waals surface area contributed by atoms with E-state index in [0.717, 1.165) is 6.42 Å². The Balaban J connectivity index is 0.000000377. The van der Waals surface area contributed by atoms with Crippen LogP contribution in [0.4, 0.5) is 0 Å². The molecule has 2 heteroatoms. The second-order valence-electron chi connectivity index (χ2n) is 7.87. The first-order chi connectivity index (χ1) is 15.8. The summed E-state index contributed by atoms with van der Waals surface area (Å²) in [6.07, 6.45) is 7.49. The highest BCUT2D eigenvalue weighted by Gasteiger charge is 2.22. The topological polar surface area (TPSA) is 4.93 Å². The Bertz CT molecular complexity index is 1040. The standard InChI is InChI=1S/C20H21N.C7H8.C2H4S.C2H6/c1-14-5-7-19(8-6-14)21-10-9-18(13-21)12-20-16(3)11-15(2)17(20)4;1-7-5-3-2-4-6-7;1-2-3;1-2/h5-10,12-13,15H,3-4,11H2,1-2H3;2-6H,1H3;2H,1H3;1-2H3/b20-12-;;;. The molecule has 1 unspecified atom stereocenters. The summed E-state index contributed by atoms with van der Waals surface area (Å²) in [5.74, 6) is 0.517. The number of nitrogens with zero attached hydrogens (tertiary/aromatic N) is 1. The summed E-state index contributed by atoms with van der Waals surface area (Å²) >= 11 is 4.27. The van der Waals surface area contributed by atoms with Crippen LogP contribution in [0, 0.1) is 19.8 Å². The molecule has 0 aliphatic heterocycles. The van der Waals surface area contributed by atoms with Crippen molar-refractivity contribution in [2.45, 2.75) is 48.0 Å². The summed E-state index contributed by atoms with van der Waals surface area (Å²) in [6, 6.07) is 20.9. The van der Waals surface area contributed by atoms with Crippen LogP contribution in [0.2, 0.25) is 0 Å². The smallest absolute Gasteiger partial charge is 0.0449 e. The van der Waals surface area contributed by atoms with Crippen LogP contribution in [-0.2, 0) is 0 Å². The summed E-state index contributed by atoms with van der Waals surface area (Å²) < 4.78 is 2.15. The van der Waals surface area contributed by atoms with Crippen LogP contribution in [0.25, 0.3) is 11.8 Å². The molecule has 0 spiro atoms. The van der Waals surface area contributed by atoms with Crippen molar-refractivity contribution >= 4 is 23.7 Å². The van der Waals surface area contributed by atoms with E-state index in [9.17, 15) is 0 Å². The van der Waals surface area contributed by atoms with Gasteiger partial charge in [-0.05, 0) is 85.0 Å². The molecular weight excluding hydrogens is 418 g/mol. The highest BCUT2D eigenvalue weighted by molar-refractivity contribution is 7.78. The van der Waals surface area contributed by atoms with Gasteiger partial charge in [0.2, 0.25) is 0 Å². The van der Waals surface area contributed by atoms with Crippen LogP contribution in [0.5, 0.6) is 0 Å². The Hall–Kier alpha value is -2.97. The molecule has 2 aromatic carbocycles. The van der Waals surface area contributed by atoms with Gasteiger partial charge in [0.25, 0.3) is 0 Å². The highest BCUT2D eigenvalue weighted by Crippen LogP contribution is 2.39. The van der Waals surface area contributed by atoms with Crippen LogP contribution >= 0.6 is 12.2 Å². The Morgan fingerprint density at radius 2 is 1.45 bits per heavy atom. The minimum Gasteiger partial charge on any atom is -0.323 e. The van der Waals surface area contributed by atoms with Gasteiger partial charge in [-0.15, -0.1) is 0 Å². The molecular formula is C31H39NS. The van der Waals surface area contributed by atoms with Gasteiger partial charge in [0.05, 0.1) is 0 Å². The predicted molar refractivity (Wildman–Crippen MR) is 152 cm³/mol. The van der Waals surface area contributed by atoms with Crippen molar-refractivity contribution in [1.29, 1.82) is 0 Å². The first-order valence-corrected chi connectivity index (χ1v) is 12.1. The number of aromatic nitrogens is 1. The number of thiocarbonyl (C=S) groups is 1. The van der Waals surface area contributed by atoms with Crippen molar-refractivity contribution in [1.82, 2.24) is 4.57 Å². The third-order valence-corrected chi connectivity index (χ3v) is 5.17. The molecule has 0 radical (unpaired) electrons. The van der Waals surface area contributed by atoms with E-state index < -0.39 is 0 Å². The van der Waals surface area contributed by atoms with E-state index in [-0.39, 0.29) is 0 Å². The maximum absolute atomic E-state index is 4.27. The molecule has 3 aromatic rings. The fraction of sp³-hybridized carbons (Fsp3) is 0.258. The van der Waals surface area contributed by atoms with Crippen LogP contribution in [0.1, 0.15) is 50.8 Å². The minimum atomic E-state index is 0.517. The largest absolute Gasteiger partial charge is 0.323 e. The molecule has 1 saturated carbocycles. The molecule has 0 N–H and O–H groups in total. The summed E-state index contributed by atoms with van der Waals surface area (Å²) in [7, 11) is 0. The monoisotopic (exact) mass is 457 g/mol. The molecule has 0 bridgehead atoms. The Morgan fingerprint density at radius 1 is 0.909 bits per heavy atom. The van der Waals surface area contributed by atoms with Gasteiger partial charge in [0.1, 0.15) is 0 Å². The van der Waals surface area contributed by atoms with E-state index in [0.29, 0.717) is 5.92 Å². The third-order valence-electron chi connectivity index (χ3n) is 5.17. The van der Waals surface area contributed by atoms with Crippen molar-refractivity contribution < 1.29 is 0 Å². The molecule has 1 aliphatic rings. The summed E-state index contributed by atoms with van der Waals surface area (Å²) in [4.78, 5) is 0. The van der Waals surface area contributed by atoms with Gasteiger partial charge < -0.3 is 4.57 Å². The zero-order valence-corrected chi connectivity index (χ0v) is 22.0. The lowest BCUT2D eigenvalue weighted by Crippen LogP contribution is -1.89. The van der Waals surface area contributed by atoms with Crippen LogP contribution in [0.3, 0.4) is 0 Å². The Kier molecular flexibility index (Phi) is 12.7. The SMILES string of the molecule is C=C1CC(C)C(=C)/C1=C\c1ccn(-c2ccc(C)cc2)c1.CC.CC=S.Cc1ccccc1. The Morgan fingerprint density at radius 3 is 1.91 bits per heavy atom. The second-order valence-corrected chi connectivity index (χ2v) is 8.34. The molecule has 1 fully saturated rings. The van der Waals surface area contributed by atoms with Crippen molar-refractivity contribution in [2.75, 3.05) is 0 Å². The molecule has 174 valence electrons. The van der Waals surface area contributed by atoms with E-state index in [4.69, 9.17) is 0 Å². The van der Waals surface area contributed by atoms with E-state index in [1.807, 2.05) is 39.0 Å². The zero-order chi connectivity index (χ0) is 24.8. The van der Waals surface area contributed by atoms with Crippen molar-refractivity contribution in [3.63, 3.8) is 0 Å². The van der Waals surface area contributed by atoms with Gasteiger partial charge in [-0.2, -0.15) is 0 Å². The molecule has 33 heavy (non-hydrogen) atoms. The van der Waals surface area contributed by atoms with E-state index in [1.165, 1.54) is 39.1 Å². The van der Waals surface area contributed by atoms with Gasteiger partial charge >= 0.3 is 0 Å². The molecule has 1 aliphatic carbocycles. The molecule has 1 aromatic heterocycles. The quantitative estimate of drug-likeness (QED) is 0.347. The molecule has 1 heterocycles. The maximum Gasteiger partial charge on any atom is 0.0449 e. The lowest BCUT2D eigenvalue weighted by atomic mass is 10.0. The first kappa shape index (κ1) is 28.1. The first-order valence-electron chi connectivity index (χ1n) is 11.6. The summed E-state index contributed by atoms with van der Waals surface area (Å²) in [5, 5.41) is 1.58.